The van der Waals surface area contributed by atoms with Gasteiger partial charge in [-0.1, -0.05) is 12.1 Å². The fourth-order valence-corrected chi connectivity index (χ4v) is 2.11. The number of carbonyl (C=O) groups is 2. The lowest BCUT2D eigenvalue weighted by Crippen LogP contribution is -2.47. The molecule has 0 unspecified atom stereocenters. The van der Waals surface area contributed by atoms with Crippen molar-refractivity contribution in [3.63, 3.8) is 0 Å². The summed E-state index contributed by atoms with van der Waals surface area (Å²) in [6.07, 6.45) is 0.418. The summed E-state index contributed by atoms with van der Waals surface area (Å²) in [6.45, 7) is 5.95. The maximum absolute atomic E-state index is 12.1. The number of fused-ring (bicyclic) bond motifs is 1. The number of rotatable bonds is 1. The lowest BCUT2D eigenvalue weighted by Gasteiger charge is -2.29. The van der Waals surface area contributed by atoms with Crippen molar-refractivity contribution in [3.05, 3.63) is 29.3 Å². The molecule has 0 aliphatic carbocycles. The average molecular weight is 246 g/mol. The van der Waals surface area contributed by atoms with Crippen LogP contribution in [0, 0.1) is 6.92 Å². The molecule has 0 saturated heterocycles. The SMILES string of the molecule is Cc1ccc2c(c1)N(C(=O)NC(C)C)CC(=O)C2. The number of carbonyl (C=O) groups excluding carboxylic acids is 2. The first-order valence-electron chi connectivity index (χ1n) is 6.16. The maximum atomic E-state index is 12.1. The number of hydrogen-bond donors (Lipinski definition) is 1. The Bertz CT molecular complexity index is 495. The van der Waals surface area contributed by atoms with Gasteiger partial charge in [0, 0.05) is 18.2 Å². The van der Waals surface area contributed by atoms with Crippen LogP contribution in [0.2, 0.25) is 0 Å². The van der Waals surface area contributed by atoms with Gasteiger partial charge in [0.1, 0.15) is 0 Å². The van der Waals surface area contributed by atoms with Gasteiger partial charge >= 0.3 is 6.03 Å². The molecule has 1 aromatic carbocycles. The number of Topliss-reactive ketones (excluding diaryl/α,β-unsaturated/α-hetero) is 1. The molecule has 0 spiro atoms. The van der Waals surface area contributed by atoms with Crippen LogP contribution in [0.25, 0.3) is 0 Å². The lowest BCUT2D eigenvalue weighted by atomic mass is 9.99. The van der Waals surface area contributed by atoms with Crippen LogP contribution in [0.5, 0.6) is 0 Å². The fraction of sp³-hybridized carbons (Fsp3) is 0.429. The lowest BCUT2D eigenvalue weighted by molar-refractivity contribution is -0.117. The number of benzene rings is 1. The van der Waals surface area contributed by atoms with Crippen molar-refractivity contribution in [2.75, 3.05) is 11.4 Å². The van der Waals surface area contributed by atoms with E-state index < -0.39 is 0 Å². The molecule has 0 fully saturated rings. The molecule has 2 rings (SSSR count). The summed E-state index contributed by atoms with van der Waals surface area (Å²) in [4.78, 5) is 25.3. The quantitative estimate of drug-likeness (QED) is 0.824. The first-order valence-corrected chi connectivity index (χ1v) is 6.16. The van der Waals surface area contributed by atoms with Crippen LogP contribution in [-0.4, -0.2) is 24.4 Å². The second kappa shape index (κ2) is 4.80. The van der Waals surface area contributed by atoms with Gasteiger partial charge in [-0.05, 0) is 38.0 Å². The summed E-state index contributed by atoms with van der Waals surface area (Å²) in [6, 6.07) is 5.71. The Balaban J connectivity index is 2.35. The Kier molecular flexibility index (Phi) is 3.36. The van der Waals surface area contributed by atoms with E-state index in [4.69, 9.17) is 0 Å². The van der Waals surface area contributed by atoms with Crippen LogP contribution < -0.4 is 10.2 Å². The molecule has 18 heavy (non-hydrogen) atoms. The van der Waals surface area contributed by atoms with Crippen LogP contribution in [0.15, 0.2) is 18.2 Å². The molecule has 0 bridgehead atoms. The summed E-state index contributed by atoms with van der Waals surface area (Å²) < 4.78 is 0. The highest BCUT2D eigenvalue weighted by Crippen LogP contribution is 2.26. The van der Waals surface area contributed by atoms with E-state index in [0.717, 1.165) is 16.8 Å². The minimum absolute atomic E-state index is 0.0581. The standard InChI is InChI=1S/C14H18N2O2/c1-9(2)15-14(18)16-8-12(17)7-11-5-4-10(3)6-13(11)16/h4-6,9H,7-8H2,1-3H3,(H,15,18). The molecular weight excluding hydrogens is 228 g/mol. The van der Waals surface area contributed by atoms with Crippen molar-refractivity contribution >= 4 is 17.5 Å². The molecular formula is C14H18N2O2. The highest BCUT2D eigenvalue weighted by Gasteiger charge is 2.27. The molecule has 1 aliphatic heterocycles. The normalized spacial score (nSPS) is 14.7. The second-order valence-corrected chi connectivity index (χ2v) is 5.04. The topological polar surface area (TPSA) is 49.4 Å². The average Bonchev–Trinajstić information content (AvgIpc) is 2.27. The Morgan fingerprint density at radius 2 is 2.11 bits per heavy atom. The fourth-order valence-electron chi connectivity index (χ4n) is 2.11. The molecule has 96 valence electrons. The number of hydrogen-bond acceptors (Lipinski definition) is 2. The molecule has 1 N–H and O–H groups in total. The molecule has 0 radical (unpaired) electrons. The predicted molar refractivity (Wildman–Crippen MR) is 70.9 cm³/mol. The van der Waals surface area contributed by atoms with Gasteiger partial charge in [0.05, 0.1) is 6.54 Å². The smallest absolute Gasteiger partial charge is 0.322 e. The first kappa shape index (κ1) is 12.6. The number of nitrogens with zero attached hydrogens (tertiary/aromatic N) is 1. The monoisotopic (exact) mass is 246 g/mol. The highest BCUT2D eigenvalue weighted by atomic mass is 16.2. The summed E-state index contributed by atoms with van der Waals surface area (Å²) >= 11 is 0. The summed E-state index contributed by atoms with van der Waals surface area (Å²) in [7, 11) is 0. The number of urea groups is 1. The van der Waals surface area contributed by atoms with Crippen molar-refractivity contribution in [2.45, 2.75) is 33.2 Å². The number of aryl methyl sites for hydroxylation is 1. The van der Waals surface area contributed by atoms with Gasteiger partial charge in [-0.25, -0.2) is 4.79 Å². The van der Waals surface area contributed by atoms with Crippen LogP contribution in [-0.2, 0) is 11.2 Å². The van der Waals surface area contributed by atoms with E-state index in [1.807, 2.05) is 39.0 Å². The molecule has 1 aliphatic rings. The van der Waals surface area contributed by atoms with Crippen molar-refractivity contribution in [2.24, 2.45) is 0 Å². The van der Waals surface area contributed by atoms with E-state index in [1.165, 1.54) is 4.90 Å². The van der Waals surface area contributed by atoms with Gasteiger partial charge < -0.3 is 5.32 Å². The molecule has 1 heterocycles. The molecule has 2 amide bonds. The second-order valence-electron chi connectivity index (χ2n) is 5.04. The van der Waals surface area contributed by atoms with Crippen molar-refractivity contribution in [3.8, 4) is 0 Å². The third kappa shape index (κ3) is 2.53. The predicted octanol–water partition coefficient (Wildman–Crippen LogP) is 2.04. The molecule has 4 heteroatoms. The van der Waals surface area contributed by atoms with E-state index in [-0.39, 0.29) is 24.4 Å². The highest BCUT2D eigenvalue weighted by molar-refractivity contribution is 6.02. The van der Waals surface area contributed by atoms with Gasteiger partial charge in [0.2, 0.25) is 0 Å². The van der Waals surface area contributed by atoms with Crippen molar-refractivity contribution in [1.82, 2.24) is 5.32 Å². The third-order valence-corrected chi connectivity index (χ3v) is 2.91. The van der Waals surface area contributed by atoms with Gasteiger partial charge in [-0.15, -0.1) is 0 Å². The molecule has 1 aromatic rings. The van der Waals surface area contributed by atoms with E-state index in [0.29, 0.717) is 6.42 Å². The minimum atomic E-state index is -0.204. The number of amides is 2. The Hall–Kier alpha value is -1.84. The van der Waals surface area contributed by atoms with Crippen LogP contribution in [0.3, 0.4) is 0 Å². The van der Waals surface area contributed by atoms with Gasteiger partial charge in [0.15, 0.2) is 5.78 Å². The summed E-state index contributed by atoms with van der Waals surface area (Å²) in [5.41, 5.74) is 2.87. The van der Waals surface area contributed by atoms with Gasteiger partial charge in [-0.2, -0.15) is 0 Å². The largest absolute Gasteiger partial charge is 0.336 e. The molecule has 4 nitrogen and oxygen atoms in total. The Morgan fingerprint density at radius 3 is 2.78 bits per heavy atom. The maximum Gasteiger partial charge on any atom is 0.322 e. The van der Waals surface area contributed by atoms with Crippen LogP contribution in [0.4, 0.5) is 10.5 Å². The van der Waals surface area contributed by atoms with E-state index in [1.54, 1.807) is 0 Å². The zero-order valence-electron chi connectivity index (χ0n) is 11.0. The van der Waals surface area contributed by atoms with Crippen molar-refractivity contribution in [1.29, 1.82) is 0 Å². The number of nitrogens with one attached hydrogen (secondary N) is 1. The summed E-state index contributed by atoms with van der Waals surface area (Å²) in [5.74, 6) is 0.0743. The first-order chi connectivity index (χ1) is 8.47. The minimum Gasteiger partial charge on any atom is -0.336 e. The van der Waals surface area contributed by atoms with Crippen molar-refractivity contribution < 1.29 is 9.59 Å². The molecule has 0 aromatic heterocycles. The van der Waals surface area contributed by atoms with Crippen LogP contribution >= 0.6 is 0 Å². The Morgan fingerprint density at radius 1 is 1.39 bits per heavy atom. The number of ketones is 1. The summed E-state index contributed by atoms with van der Waals surface area (Å²) in [5, 5.41) is 2.83. The number of anilines is 1. The van der Waals surface area contributed by atoms with E-state index in [2.05, 4.69) is 5.32 Å². The van der Waals surface area contributed by atoms with Crippen LogP contribution in [0.1, 0.15) is 25.0 Å². The zero-order valence-corrected chi connectivity index (χ0v) is 11.0. The molecule has 0 atom stereocenters. The van der Waals surface area contributed by atoms with E-state index in [9.17, 15) is 9.59 Å². The Labute approximate surface area is 107 Å². The third-order valence-electron chi connectivity index (χ3n) is 2.91. The van der Waals surface area contributed by atoms with E-state index >= 15 is 0 Å². The molecule has 0 saturated carbocycles. The van der Waals surface area contributed by atoms with Gasteiger partial charge in [-0.3, -0.25) is 9.69 Å². The van der Waals surface area contributed by atoms with Gasteiger partial charge in [0.25, 0.3) is 0 Å². The zero-order chi connectivity index (χ0) is 13.3.